The van der Waals surface area contributed by atoms with Crippen molar-refractivity contribution >= 4 is 19.8 Å². The summed E-state index contributed by atoms with van der Waals surface area (Å²) in [5.74, 6) is -0.979. The molecule has 0 aliphatic carbocycles. The monoisotopic (exact) mass is 724 g/mol. The molecule has 0 aliphatic rings. The van der Waals surface area contributed by atoms with E-state index in [1.54, 1.807) is 6.08 Å². The molecule has 0 fully saturated rings. The number of aliphatic hydroxyl groups is 1. The van der Waals surface area contributed by atoms with Crippen molar-refractivity contribution in [3.05, 3.63) is 60.8 Å². The first-order valence-electron chi connectivity index (χ1n) is 19.2. The zero-order valence-corrected chi connectivity index (χ0v) is 32.0. The van der Waals surface area contributed by atoms with E-state index in [0.29, 0.717) is 19.3 Å². The largest absolute Gasteiger partial charge is 0.469 e. The van der Waals surface area contributed by atoms with Gasteiger partial charge < -0.3 is 24.4 Å². The van der Waals surface area contributed by atoms with E-state index in [0.717, 1.165) is 83.5 Å². The number of carbonyl (C=O) groups is 2. The molecule has 0 aliphatic heterocycles. The van der Waals surface area contributed by atoms with Gasteiger partial charge in [-0.2, -0.15) is 0 Å². The number of hydrogen-bond acceptors (Lipinski definition) is 7. The van der Waals surface area contributed by atoms with E-state index in [1.807, 2.05) is 18.2 Å². The maximum absolute atomic E-state index is 12.4. The van der Waals surface area contributed by atoms with Gasteiger partial charge in [-0.15, -0.1) is 0 Å². The first-order chi connectivity index (χ1) is 24.2. The van der Waals surface area contributed by atoms with Crippen LogP contribution in [0, 0.1) is 0 Å². The van der Waals surface area contributed by atoms with Gasteiger partial charge in [-0.25, -0.2) is 4.57 Å². The van der Waals surface area contributed by atoms with Crippen LogP contribution in [0.15, 0.2) is 60.8 Å². The molecule has 9 nitrogen and oxygen atoms in total. The van der Waals surface area contributed by atoms with Crippen molar-refractivity contribution in [1.29, 1.82) is 0 Å². The van der Waals surface area contributed by atoms with Gasteiger partial charge >= 0.3 is 19.8 Å². The molecule has 0 aromatic heterocycles. The first-order valence-corrected chi connectivity index (χ1v) is 20.7. The number of rotatable bonds is 34. The quantitative estimate of drug-likeness (QED) is 0.0194. The summed E-state index contributed by atoms with van der Waals surface area (Å²) in [6.07, 6.45) is 39.6. The highest BCUT2D eigenvalue weighted by molar-refractivity contribution is 7.46. The standard InChI is InChI=1S/C40H69O9P/c1-3-5-7-9-11-12-13-14-15-16-17-18-19-21-25-30-34-40(43)49-38(36-48-50(44,45)46)35-47-39(42)33-29-26-22-24-28-32-37(41)31-27-23-20-10-8-6-4-2/h6,8,11-12,14-15,20,23,27,31,37-38,41H,3-5,7,9-10,13,16-19,21-22,24-26,28-30,32-36H2,1-2H3,(H2,44,45,46)/b8-6+,12-11-,15-14-,23-20+,31-27+/t37?,38-/m1/s1. The van der Waals surface area contributed by atoms with E-state index in [1.165, 1.54) is 25.7 Å². The molecule has 2 atom stereocenters. The molecule has 0 aromatic rings. The van der Waals surface area contributed by atoms with Crippen LogP contribution >= 0.6 is 7.82 Å². The van der Waals surface area contributed by atoms with Crippen molar-refractivity contribution < 1.29 is 43.0 Å². The van der Waals surface area contributed by atoms with E-state index in [9.17, 15) is 19.3 Å². The normalized spacial score (nSPS) is 13.8. The summed E-state index contributed by atoms with van der Waals surface area (Å²) in [4.78, 5) is 42.7. The Labute approximate surface area is 303 Å². The van der Waals surface area contributed by atoms with E-state index < -0.39 is 38.6 Å². The second-order valence-electron chi connectivity index (χ2n) is 12.7. The maximum Gasteiger partial charge on any atom is 0.469 e. The van der Waals surface area contributed by atoms with Crippen LogP contribution in [0.5, 0.6) is 0 Å². The van der Waals surface area contributed by atoms with Gasteiger partial charge in [0, 0.05) is 12.8 Å². The average molecular weight is 725 g/mol. The Kier molecular flexibility index (Phi) is 33.5. The number of esters is 2. The summed E-state index contributed by atoms with van der Waals surface area (Å²) in [7, 11) is -4.78. The lowest BCUT2D eigenvalue weighted by Crippen LogP contribution is -2.29. The van der Waals surface area contributed by atoms with Gasteiger partial charge in [0.1, 0.15) is 6.61 Å². The molecule has 1 unspecified atom stereocenters. The Morgan fingerprint density at radius 1 is 0.640 bits per heavy atom. The Hall–Kier alpha value is -2.29. The molecular formula is C40H69O9P. The zero-order valence-electron chi connectivity index (χ0n) is 31.1. The minimum atomic E-state index is -4.78. The Bertz CT molecular complexity index is 1010. The highest BCUT2D eigenvalue weighted by Gasteiger charge is 2.22. The molecular weight excluding hydrogens is 655 g/mol. The lowest BCUT2D eigenvalue weighted by atomic mass is 10.1. The van der Waals surface area contributed by atoms with E-state index in [4.69, 9.17) is 19.3 Å². The summed E-state index contributed by atoms with van der Waals surface area (Å²) < 4.78 is 26.3. The highest BCUT2D eigenvalue weighted by atomic mass is 31.2. The molecule has 0 saturated heterocycles. The number of phosphoric acid groups is 1. The Morgan fingerprint density at radius 2 is 1.20 bits per heavy atom. The van der Waals surface area contributed by atoms with E-state index in [2.05, 4.69) is 54.8 Å². The molecule has 0 amide bonds. The minimum Gasteiger partial charge on any atom is -0.462 e. The van der Waals surface area contributed by atoms with Crippen LogP contribution in [0.2, 0.25) is 0 Å². The molecule has 0 aromatic carbocycles. The lowest BCUT2D eigenvalue weighted by Gasteiger charge is -2.18. The number of carbonyl (C=O) groups excluding carboxylic acids is 2. The molecule has 10 heteroatoms. The summed E-state index contributed by atoms with van der Waals surface area (Å²) in [6, 6.07) is 0. The van der Waals surface area contributed by atoms with Crippen LogP contribution in [0.4, 0.5) is 0 Å². The van der Waals surface area contributed by atoms with Crippen molar-refractivity contribution in [1.82, 2.24) is 0 Å². The Morgan fingerprint density at radius 3 is 1.84 bits per heavy atom. The number of hydrogen-bond donors (Lipinski definition) is 3. The van der Waals surface area contributed by atoms with Crippen LogP contribution in [-0.4, -0.2) is 52.3 Å². The molecule has 0 rings (SSSR count). The fourth-order valence-electron chi connectivity index (χ4n) is 5.00. The van der Waals surface area contributed by atoms with Crippen LogP contribution < -0.4 is 0 Å². The van der Waals surface area contributed by atoms with E-state index in [-0.39, 0.29) is 19.4 Å². The smallest absolute Gasteiger partial charge is 0.462 e. The van der Waals surface area contributed by atoms with Gasteiger partial charge in [0.05, 0.1) is 12.7 Å². The molecule has 0 saturated carbocycles. The molecule has 50 heavy (non-hydrogen) atoms. The molecule has 0 bridgehead atoms. The second kappa shape index (κ2) is 35.1. The summed E-state index contributed by atoms with van der Waals surface area (Å²) in [5.41, 5.74) is 0. The molecule has 0 heterocycles. The number of aliphatic hydroxyl groups excluding tert-OH is 1. The third-order valence-electron chi connectivity index (χ3n) is 7.87. The summed E-state index contributed by atoms with van der Waals surface area (Å²) in [6.45, 7) is 3.42. The first kappa shape index (κ1) is 47.7. The molecule has 288 valence electrons. The summed E-state index contributed by atoms with van der Waals surface area (Å²) >= 11 is 0. The highest BCUT2D eigenvalue weighted by Crippen LogP contribution is 2.36. The number of unbranched alkanes of at least 4 members (excludes halogenated alkanes) is 13. The van der Waals surface area contributed by atoms with Gasteiger partial charge in [0.25, 0.3) is 0 Å². The van der Waals surface area contributed by atoms with Crippen molar-refractivity contribution in [3.63, 3.8) is 0 Å². The number of phosphoric ester groups is 1. The van der Waals surface area contributed by atoms with Gasteiger partial charge in [-0.1, -0.05) is 139 Å². The predicted molar refractivity (Wildman–Crippen MR) is 203 cm³/mol. The Balaban J connectivity index is 4.08. The lowest BCUT2D eigenvalue weighted by molar-refractivity contribution is -0.161. The summed E-state index contributed by atoms with van der Waals surface area (Å²) in [5, 5.41) is 10.1. The van der Waals surface area contributed by atoms with Gasteiger partial charge in [-0.3, -0.25) is 14.1 Å². The second-order valence-corrected chi connectivity index (χ2v) is 14.0. The fourth-order valence-corrected chi connectivity index (χ4v) is 5.36. The third-order valence-corrected chi connectivity index (χ3v) is 8.36. The molecule has 0 radical (unpaired) electrons. The van der Waals surface area contributed by atoms with Crippen LogP contribution in [0.1, 0.15) is 155 Å². The van der Waals surface area contributed by atoms with Gasteiger partial charge in [0.2, 0.25) is 0 Å². The fraction of sp³-hybridized carbons (Fsp3) is 0.700. The van der Waals surface area contributed by atoms with E-state index >= 15 is 0 Å². The molecule has 0 spiro atoms. The topological polar surface area (TPSA) is 140 Å². The SMILES string of the molecule is CC/C=C/C/C=C/C=C/C(O)CCCCCCCC(=O)OC[C@H](COP(=O)(O)O)OC(=O)CCCCCCCC/C=C\C/C=C\CCCCC. The number of ether oxygens (including phenoxy) is 2. The van der Waals surface area contributed by atoms with Crippen molar-refractivity contribution in [2.24, 2.45) is 0 Å². The van der Waals surface area contributed by atoms with Crippen molar-refractivity contribution in [3.8, 4) is 0 Å². The van der Waals surface area contributed by atoms with Gasteiger partial charge in [0.15, 0.2) is 6.10 Å². The third kappa shape index (κ3) is 37.0. The maximum atomic E-state index is 12.4. The minimum absolute atomic E-state index is 0.177. The molecule has 3 N–H and O–H groups in total. The van der Waals surface area contributed by atoms with Crippen LogP contribution in [0.25, 0.3) is 0 Å². The predicted octanol–water partition coefficient (Wildman–Crippen LogP) is 10.3. The number of allylic oxidation sites excluding steroid dienone is 9. The zero-order chi connectivity index (χ0) is 37.0. The van der Waals surface area contributed by atoms with Gasteiger partial charge in [-0.05, 0) is 64.2 Å². The van der Waals surface area contributed by atoms with Crippen LogP contribution in [0.3, 0.4) is 0 Å². The van der Waals surface area contributed by atoms with Crippen molar-refractivity contribution in [2.75, 3.05) is 13.2 Å². The van der Waals surface area contributed by atoms with Crippen LogP contribution in [-0.2, 0) is 28.2 Å². The average Bonchev–Trinajstić information content (AvgIpc) is 3.08. The van der Waals surface area contributed by atoms with Crippen molar-refractivity contribution in [2.45, 2.75) is 167 Å².